The summed E-state index contributed by atoms with van der Waals surface area (Å²) in [6.45, 7) is 3.78. The number of hydrogen-bond acceptors (Lipinski definition) is 4. The van der Waals surface area contributed by atoms with Crippen LogP contribution < -0.4 is 4.72 Å². The molecular formula is C14H22N2O3S. The molecule has 20 heavy (non-hydrogen) atoms. The number of aromatic nitrogens is 1. The van der Waals surface area contributed by atoms with Gasteiger partial charge in [-0.25, -0.2) is 13.1 Å². The van der Waals surface area contributed by atoms with Crippen LogP contribution in [0.2, 0.25) is 0 Å². The summed E-state index contributed by atoms with van der Waals surface area (Å²) < 4.78 is 31.9. The largest absolute Gasteiger partial charge is 0.381 e. The zero-order chi connectivity index (χ0) is 14.4. The Morgan fingerprint density at radius 1 is 1.40 bits per heavy atom. The zero-order valence-electron chi connectivity index (χ0n) is 11.8. The normalized spacial score (nSPS) is 17.2. The molecule has 1 fully saturated rings. The van der Waals surface area contributed by atoms with Gasteiger partial charge in [-0.1, -0.05) is 0 Å². The molecule has 0 bridgehead atoms. The lowest BCUT2D eigenvalue weighted by atomic mass is 9.98. The summed E-state index contributed by atoms with van der Waals surface area (Å²) >= 11 is 0. The molecule has 5 nitrogen and oxygen atoms in total. The molecule has 6 heteroatoms. The van der Waals surface area contributed by atoms with Crippen molar-refractivity contribution in [3.05, 3.63) is 29.6 Å². The molecule has 0 aromatic carbocycles. The molecule has 0 unspecified atom stereocenters. The fourth-order valence-electron chi connectivity index (χ4n) is 2.32. The van der Waals surface area contributed by atoms with Gasteiger partial charge in [-0.3, -0.25) is 4.98 Å². The maximum absolute atomic E-state index is 12.0. The van der Waals surface area contributed by atoms with E-state index in [0.29, 0.717) is 18.9 Å². The number of sulfonamides is 1. The lowest BCUT2D eigenvalue weighted by Gasteiger charge is -2.21. The van der Waals surface area contributed by atoms with Crippen LogP contribution in [0.3, 0.4) is 0 Å². The molecule has 1 N–H and O–H groups in total. The van der Waals surface area contributed by atoms with Crippen molar-refractivity contribution in [3.8, 4) is 0 Å². The van der Waals surface area contributed by atoms with E-state index in [-0.39, 0.29) is 5.75 Å². The number of rotatable bonds is 6. The summed E-state index contributed by atoms with van der Waals surface area (Å²) in [4.78, 5) is 4.00. The van der Waals surface area contributed by atoms with E-state index in [1.165, 1.54) is 0 Å². The van der Waals surface area contributed by atoms with Crippen LogP contribution in [0.15, 0.2) is 18.5 Å². The number of nitrogens with one attached hydrogen (secondary N) is 1. The highest BCUT2D eigenvalue weighted by atomic mass is 32.2. The smallest absolute Gasteiger partial charge is 0.211 e. The van der Waals surface area contributed by atoms with Gasteiger partial charge in [0.15, 0.2) is 0 Å². The molecule has 0 aliphatic carbocycles. The molecule has 0 saturated carbocycles. The topological polar surface area (TPSA) is 68.3 Å². The minimum atomic E-state index is -3.21. The van der Waals surface area contributed by atoms with Crippen LogP contribution in [-0.4, -0.2) is 32.4 Å². The first-order chi connectivity index (χ1) is 9.57. The van der Waals surface area contributed by atoms with E-state index < -0.39 is 10.0 Å². The number of aryl methyl sites for hydroxylation is 1. The quantitative estimate of drug-likeness (QED) is 0.866. The summed E-state index contributed by atoms with van der Waals surface area (Å²) in [5.74, 6) is 0.671. The second-order valence-electron chi connectivity index (χ2n) is 5.29. The summed E-state index contributed by atoms with van der Waals surface area (Å²) in [6, 6.07) is 1.84. The Balaban J connectivity index is 1.80. The molecule has 0 amide bonds. The van der Waals surface area contributed by atoms with Crippen LogP contribution in [0, 0.1) is 12.8 Å². The van der Waals surface area contributed by atoms with Crippen LogP contribution in [-0.2, 0) is 21.3 Å². The maximum atomic E-state index is 12.0. The SMILES string of the molecule is Cc1cnccc1CNS(=O)(=O)CCC1CCOCC1. The Kier molecular flexibility index (Phi) is 5.51. The molecule has 2 rings (SSSR count). The van der Waals surface area contributed by atoms with Crippen molar-refractivity contribution in [2.45, 2.75) is 32.7 Å². The monoisotopic (exact) mass is 298 g/mol. The third-order valence-electron chi connectivity index (χ3n) is 3.75. The van der Waals surface area contributed by atoms with Crippen LogP contribution >= 0.6 is 0 Å². The minimum absolute atomic E-state index is 0.196. The molecule has 1 saturated heterocycles. The Hall–Kier alpha value is -0.980. The summed E-state index contributed by atoms with van der Waals surface area (Å²) in [6.07, 6.45) is 6.08. The van der Waals surface area contributed by atoms with E-state index in [2.05, 4.69) is 9.71 Å². The first-order valence-corrected chi connectivity index (χ1v) is 8.66. The molecule has 1 aromatic rings. The molecule has 0 spiro atoms. The van der Waals surface area contributed by atoms with Crippen LogP contribution in [0.4, 0.5) is 0 Å². The van der Waals surface area contributed by atoms with Crippen molar-refractivity contribution >= 4 is 10.0 Å². The lowest BCUT2D eigenvalue weighted by molar-refractivity contribution is 0.0655. The summed E-state index contributed by atoms with van der Waals surface area (Å²) in [5.41, 5.74) is 1.97. The van der Waals surface area contributed by atoms with E-state index >= 15 is 0 Å². The molecule has 112 valence electrons. The Morgan fingerprint density at radius 2 is 2.15 bits per heavy atom. The maximum Gasteiger partial charge on any atom is 0.211 e. The van der Waals surface area contributed by atoms with Gasteiger partial charge in [-0.2, -0.15) is 0 Å². The van der Waals surface area contributed by atoms with E-state index in [9.17, 15) is 8.42 Å². The highest BCUT2D eigenvalue weighted by molar-refractivity contribution is 7.89. The molecular weight excluding hydrogens is 276 g/mol. The van der Waals surface area contributed by atoms with E-state index in [1.54, 1.807) is 12.4 Å². The fraction of sp³-hybridized carbons (Fsp3) is 0.643. The van der Waals surface area contributed by atoms with Crippen molar-refractivity contribution in [3.63, 3.8) is 0 Å². The van der Waals surface area contributed by atoms with Crippen molar-refractivity contribution in [2.75, 3.05) is 19.0 Å². The predicted octanol–water partition coefficient (Wildman–Crippen LogP) is 1.63. The average molecular weight is 298 g/mol. The van der Waals surface area contributed by atoms with Crippen LogP contribution in [0.5, 0.6) is 0 Å². The van der Waals surface area contributed by atoms with Gasteiger partial charge < -0.3 is 4.74 Å². The molecule has 0 radical (unpaired) electrons. The van der Waals surface area contributed by atoms with Crippen molar-refractivity contribution in [1.29, 1.82) is 0 Å². The van der Waals surface area contributed by atoms with Gasteiger partial charge in [-0.15, -0.1) is 0 Å². The summed E-state index contributed by atoms with van der Waals surface area (Å²) in [5, 5.41) is 0. The Morgan fingerprint density at radius 3 is 2.85 bits per heavy atom. The Bertz CT molecular complexity index is 525. The number of ether oxygens (including phenoxy) is 1. The van der Waals surface area contributed by atoms with Gasteiger partial charge in [0, 0.05) is 32.2 Å². The zero-order valence-corrected chi connectivity index (χ0v) is 12.7. The summed E-state index contributed by atoms with van der Waals surface area (Å²) in [7, 11) is -3.21. The predicted molar refractivity (Wildman–Crippen MR) is 77.8 cm³/mol. The van der Waals surface area contributed by atoms with Gasteiger partial charge in [0.1, 0.15) is 0 Å². The number of pyridine rings is 1. The molecule has 1 aromatic heterocycles. The van der Waals surface area contributed by atoms with Gasteiger partial charge >= 0.3 is 0 Å². The Labute approximate surface area is 120 Å². The third-order valence-corrected chi connectivity index (χ3v) is 5.11. The van der Waals surface area contributed by atoms with Crippen LogP contribution in [0.25, 0.3) is 0 Å². The van der Waals surface area contributed by atoms with Crippen LogP contribution in [0.1, 0.15) is 30.4 Å². The molecule has 2 heterocycles. The average Bonchev–Trinajstić information content (AvgIpc) is 2.46. The van der Waals surface area contributed by atoms with E-state index in [1.807, 2.05) is 13.0 Å². The number of nitrogens with zero attached hydrogens (tertiary/aromatic N) is 1. The highest BCUT2D eigenvalue weighted by Gasteiger charge is 2.18. The standard InChI is InChI=1S/C14H22N2O3S/c1-12-10-15-6-2-14(12)11-16-20(17,18)9-5-13-3-7-19-8-4-13/h2,6,10,13,16H,3-5,7-9,11H2,1H3. The van der Waals surface area contributed by atoms with Gasteiger partial charge in [0.25, 0.3) is 0 Å². The fourth-order valence-corrected chi connectivity index (χ4v) is 3.48. The minimum Gasteiger partial charge on any atom is -0.381 e. The van der Waals surface area contributed by atoms with Crippen molar-refractivity contribution in [1.82, 2.24) is 9.71 Å². The molecule has 1 aliphatic heterocycles. The third kappa shape index (κ3) is 4.85. The second kappa shape index (κ2) is 7.15. The second-order valence-corrected chi connectivity index (χ2v) is 7.21. The molecule has 1 aliphatic rings. The first-order valence-electron chi connectivity index (χ1n) is 7.01. The van der Waals surface area contributed by atoms with Gasteiger partial charge in [0.2, 0.25) is 10.0 Å². The highest BCUT2D eigenvalue weighted by Crippen LogP contribution is 2.19. The van der Waals surface area contributed by atoms with Gasteiger partial charge in [0.05, 0.1) is 5.75 Å². The van der Waals surface area contributed by atoms with E-state index in [4.69, 9.17) is 4.74 Å². The number of hydrogen-bond donors (Lipinski definition) is 1. The lowest BCUT2D eigenvalue weighted by Crippen LogP contribution is -2.28. The van der Waals surface area contributed by atoms with Crippen molar-refractivity contribution < 1.29 is 13.2 Å². The van der Waals surface area contributed by atoms with Gasteiger partial charge in [-0.05, 0) is 49.3 Å². The molecule has 0 atom stereocenters. The first kappa shape index (κ1) is 15.4. The van der Waals surface area contributed by atoms with Crippen molar-refractivity contribution in [2.24, 2.45) is 5.92 Å². The van der Waals surface area contributed by atoms with E-state index in [0.717, 1.165) is 37.2 Å².